The predicted octanol–water partition coefficient (Wildman–Crippen LogP) is 1.88. The summed E-state index contributed by atoms with van der Waals surface area (Å²) in [4.78, 5) is 24.4. The summed E-state index contributed by atoms with van der Waals surface area (Å²) in [5.41, 5.74) is 6.93. The highest BCUT2D eigenvalue weighted by Crippen LogP contribution is 2.18. The first-order chi connectivity index (χ1) is 11.9. The van der Waals surface area contributed by atoms with E-state index in [9.17, 15) is 13.8 Å². The number of amides is 2. The lowest BCUT2D eigenvalue weighted by Gasteiger charge is -2.11. The van der Waals surface area contributed by atoms with E-state index in [1.807, 2.05) is 32.0 Å². The third-order valence-corrected chi connectivity index (χ3v) is 4.40. The summed E-state index contributed by atoms with van der Waals surface area (Å²) < 4.78 is 16.8. The highest BCUT2D eigenvalue weighted by Gasteiger charge is 2.09. The minimum absolute atomic E-state index is 0.210. The van der Waals surface area contributed by atoms with Gasteiger partial charge in [-0.15, -0.1) is 0 Å². The maximum absolute atomic E-state index is 12.0. The van der Waals surface area contributed by atoms with Crippen LogP contribution in [-0.4, -0.2) is 28.9 Å². The molecule has 0 spiro atoms. The summed E-state index contributed by atoms with van der Waals surface area (Å²) in [6.07, 6.45) is 1.56. The Labute approximate surface area is 149 Å². The van der Waals surface area contributed by atoms with Crippen molar-refractivity contribution in [3.63, 3.8) is 0 Å². The van der Waals surface area contributed by atoms with Crippen molar-refractivity contribution in [3.8, 4) is 5.75 Å². The van der Waals surface area contributed by atoms with Crippen LogP contribution in [0.3, 0.4) is 0 Å². The van der Waals surface area contributed by atoms with Crippen molar-refractivity contribution in [2.45, 2.75) is 18.7 Å². The molecule has 2 aromatic carbocycles. The van der Waals surface area contributed by atoms with E-state index in [0.717, 1.165) is 11.1 Å². The SMILES string of the molecule is Cc1ccc(C)c(OCC(=O)NNC(=O)c2ccc(S(C)=O)cc2)c1. The number of ether oxygens (including phenoxy) is 1. The number of hydrazine groups is 1. The normalized spacial score (nSPS) is 11.5. The number of benzene rings is 2. The fraction of sp³-hybridized carbons (Fsp3) is 0.222. The zero-order valence-electron chi connectivity index (χ0n) is 14.3. The first-order valence-electron chi connectivity index (χ1n) is 7.59. The molecule has 0 saturated carbocycles. The van der Waals surface area contributed by atoms with Crippen molar-refractivity contribution in [1.82, 2.24) is 10.9 Å². The second-order valence-electron chi connectivity index (χ2n) is 5.54. The van der Waals surface area contributed by atoms with Gasteiger partial charge in [0.25, 0.3) is 11.8 Å². The summed E-state index contributed by atoms with van der Waals surface area (Å²) in [5, 5.41) is 0. The lowest BCUT2D eigenvalue weighted by molar-refractivity contribution is -0.123. The monoisotopic (exact) mass is 360 g/mol. The fourth-order valence-electron chi connectivity index (χ4n) is 2.04. The van der Waals surface area contributed by atoms with Crippen LogP contribution < -0.4 is 15.6 Å². The zero-order valence-corrected chi connectivity index (χ0v) is 15.1. The average molecular weight is 360 g/mol. The van der Waals surface area contributed by atoms with Crippen LogP contribution in [0.15, 0.2) is 47.4 Å². The molecule has 2 N–H and O–H groups in total. The van der Waals surface area contributed by atoms with Crippen LogP contribution in [0, 0.1) is 13.8 Å². The van der Waals surface area contributed by atoms with Gasteiger partial charge in [0.2, 0.25) is 0 Å². The van der Waals surface area contributed by atoms with Crippen molar-refractivity contribution >= 4 is 22.6 Å². The van der Waals surface area contributed by atoms with Gasteiger partial charge in [0.1, 0.15) is 5.75 Å². The maximum atomic E-state index is 12.0. The Morgan fingerprint density at radius 3 is 2.36 bits per heavy atom. The molecule has 0 aliphatic rings. The molecule has 0 heterocycles. The molecule has 0 bridgehead atoms. The van der Waals surface area contributed by atoms with Gasteiger partial charge in [-0.05, 0) is 55.3 Å². The molecular formula is C18H20N2O4S. The largest absolute Gasteiger partial charge is 0.483 e. The molecule has 0 saturated heterocycles. The van der Waals surface area contributed by atoms with Crippen molar-refractivity contribution < 1.29 is 18.5 Å². The fourth-order valence-corrected chi connectivity index (χ4v) is 2.56. The van der Waals surface area contributed by atoms with E-state index in [4.69, 9.17) is 4.74 Å². The molecule has 0 aliphatic carbocycles. The van der Waals surface area contributed by atoms with E-state index in [1.54, 1.807) is 30.5 Å². The van der Waals surface area contributed by atoms with E-state index >= 15 is 0 Å². The van der Waals surface area contributed by atoms with Crippen molar-refractivity contribution in [1.29, 1.82) is 0 Å². The number of hydrogen-bond donors (Lipinski definition) is 2. The van der Waals surface area contributed by atoms with Crippen LogP contribution in [-0.2, 0) is 15.6 Å². The summed E-state index contributed by atoms with van der Waals surface area (Å²) in [6.45, 7) is 3.62. The topological polar surface area (TPSA) is 84.5 Å². The molecule has 0 fully saturated rings. The van der Waals surface area contributed by atoms with Gasteiger partial charge in [-0.2, -0.15) is 0 Å². The Balaban J connectivity index is 1.84. The standard InChI is InChI=1S/C18H20N2O4S/c1-12-4-5-13(2)16(10-12)24-11-17(21)19-20-18(22)14-6-8-15(9-7-14)25(3)23/h4-10H,11H2,1-3H3,(H,19,21)(H,20,22). The van der Waals surface area contributed by atoms with Crippen LogP contribution in [0.4, 0.5) is 0 Å². The van der Waals surface area contributed by atoms with Crippen LogP contribution >= 0.6 is 0 Å². The van der Waals surface area contributed by atoms with E-state index in [0.29, 0.717) is 16.2 Å². The summed E-state index contributed by atoms with van der Waals surface area (Å²) in [5.74, 6) is -0.307. The molecule has 1 atom stereocenters. The summed E-state index contributed by atoms with van der Waals surface area (Å²) in [7, 11) is -1.10. The summed E-state index contributed by atoms with van der Waals surface area (Å²) >= 11 is 0. The summed E-state index contributed by atoms with van der Waals surface area (Å²) in [6, 6.07) is 12.0. The molecule has 2 amide bonds. The second-order valence-corrected chi connectivity index (χ2v) is 6.92. The highest BCUT2D eigenvalue weighted by atomic mass is 32.2. The molecule has 0 aromatic heterocycles. The zero-order chi connectivity index (χ0) is 18.4. The molecule has 7 heteroatoms. The number of carbonyl (C=O) groups excluding carboxylic acids is 2. The molecule has 0 radical (unpaired) electrons. The van der Waals surface area contributed by atoms with Crippen molar-refractivity contribution in [3.05, 3.63) is 59.2 Å². The van der Waals surface area contributed by atoms with Gasteiger partial charge < -0.3 is 4.74 Å². The highest BCUT2D eigenvalue weighted by molar-refractivity contribution is 7.84. The van der Waals surface area contributed by atoms with E-state index in [2.05, 4.69) is 10.9 Å². The van der Waals surface area contributed by atoms with Crippen molar-refractivity contribution in [2.75, 3.05) is 12.9 Å². The Kier molecular flexibility index (Phi) is 6.30. The first-order valence-corrected chi connectivity index (χ1v) is 9.15. The van der Waals surface area contributed by atoms with Crippen LogP contribution in [0.1, 0.15) is 21.5 Å². The van der Waals surface area contributed by atoms with Crippen molar-refractivity contribution in [2.24, 2.45) is 0 Å². The third kappa shape index (κ3) is 5.42. The van der Waals surface area contributed by atoms with Crippen LogP contribution in [0.2, 0.25) is 0 Å². The molecule has 0 aliphatic heterocycles. The number of aryl methyl sites for hydroxylation is 2. The van der Waals surface area contributed by atoms with E-state index in [1.165, 1.54) is 0 Å². The second kappa shape index (κ2) is 8.43. The Morgan fingerprint density at radius 1 is 1.04 bits per heavy atom. The molecule has 132 valence electrons. The Morgan fingerprint density at radius 2 is 1.72 bits per heavy atom. The van der Waals surface area contributed by atoms with Gasteiger partial charge >= 0.3 is 0 Å². The average Bonchev–Trinajstić information content (AvgIpc) is 2.60. The van der Waals surface area contributed by atoms with E-state index < -0.39 is 22.6 Å². The number of carbonyl (C=O) groups is 2. The maximum Gasteiger partial charge on any atom is 0.276 e. The van der Waals surface area contributed by atoms with Crippen LogP contribution in [0.5, 0.6) is 5.75 Å². The van der Waals surface area contributed by atoms with Gasteiger partial charge in [0, 0.05) is 27.5 Å². The smallest absolute Gasteiger partial charge is 0.276 e. The molecule has 1 unspecified atom stereocenters. The van der Waals surface area contributed by atoms with Crippen LogP contribution in [0.25, 0.3) is 0 Å². The predicted molar refractivity (Wildman–Crippen MR) is 95.8 cm³/mol. The van der Waals surface area contributed by atoms with Gasteiger partial charge in [0.05, 0.1) is 0 Å². The number of rotatable bonds is 5. The molecule has 25 heavy (non-hydrogen) atoms. The number of hydrogen-bond acceptors (Lipinski definition) is 4. The van der Waals surface area contributed by atoms with Gasteiger partial charge in [-0.3, -0.25) is 24.6 Å². The third-order valence-electron chi connectivity index (χ3n) is 3.47. The molecular weight excluding hydrogens is 340 g/mol. The minimum atomic E-state index is -1.10. The molecule has 6 nitrogen and oxygen atoms in total. The minimum Gasteiger partial charge on any atom is -0.483 e. The van der Waals surface area contributed by atoms with Gasteiger partial charge in [0.15, 0.2) is 6.61 Å². The van der Waals surface area contributed by atoms with Gasteiger partial charge in [-0.1, -0.05) is 12.1 Å². The first kappa shape index (κ1) is 18.7. The quantitative estimate of drug-likeness (QED) is 0.798. The molecule has 2 rings (SSSR count). The van der Waals surface area contributed by atoms with E-state index in [-0.39, 0.29) is 6.61 Å². The Hall–Kier alpha value is -2.67. The lowest BCUT2D eigenvalue weighted by atomic mass is 10.1. The Bertz CT molecular complexity index is 803. The number of nitrogens with one attached hydrogen (secondary N) is 2. The lowest BCUT2D eigenvalue weighted by Crippen LogP contribution is -2.43. The van der Waals surface area contributed by atoms with Gasteiger partial charge in [-0.25, -0.2) is 0 Å². The molecule has 2 aromatic rings.